The van der Waals surface area contributed by atoms with Crippen LogP contribution in [0.1, 0.15) is 45.2 Å². The molecule has 3 N–H and O–H groups in total. The molecule has 1 unspecified atom stereocenters. The predicted molar refractivity (Wildman–Crippen MR) is 106 cm³/mol. The lowest BCUT2D eigenvalue weighted by molar-refractivity contribution is 0.0932. The number of nitrogen functional groups attached to an aromatic ring is 1. The molecule has 0 saturated carbocycles. The first-order valence-electron chi connectivity index (χ1n) is 8.96. The van der Waals surface area contributed by atoms with E-state index in [0.717, 1.165) is 35.2 Å². The van der Waals surface area contributed by atoms with Crippen molar-refractivity contribution in [3.05, 3.63) is 63.8 Å². The molecule has 2 aromatic carbocycles. The normalized spacial score (nSPS) is 16.3. The van der Waals surface area contributed by atoms with Crippen molar-refractivity contribution in [3.63, 3.8) is 0 Å². The van der Waals surface area contributed by atoms with Crippen molar-refractivity contribution in [1.29, 1.82) is 0 Å². The maximum Gasteiger partial charge on any atom is 0.262 e. The van der Waals surface area contributed by atoms with E-state index in [9.17, 15) is 9.18 Å². The van der Waals surface area contributed by atoms with Gasteiger partial charge < -0.3 is 15.8 Å². The van der Waals surface area contributed by atoms with Crippen LogP contribution in [-0.4, -0.2) is 13.0 Å². The third kappa shape index (κ3) is 3.31. The molecule has 6 heteroatoms. The topological polar surface area (TPSA) is 64.3 Å². The lowest BCUT2D eigenvalue weighted by Gasteiger charge is -2.26. The summed E-state index contributed by atoms with van der Waals surface area (Å²) in [6.45, 7) is 0.196. The lowest BCUT2D eigenvalue weighted by Crippen LogP contribution is -2.31. The number of methoxy groups -OCH3 is 1. The zero-order valence-electron chi connectivity index (χ0n) is 15.0. The van der Waals surface area contributed by atoms with Crippen LogP contribution in [0, 0.1) is 5.82 Å². The minimum Gasteiger partial charge on any atom is -0.399 e. The van der Waals surface area contributed by atoms with E-state index >= 15 is 0 Å². The van der Waals surface area contributed by atoms with Gasteiger partial charge in [-0.3, -0.25) is 4.79 Å². The minimum atomic E-state index is -0.326. The second kappa shape index (κ2) is 7.29. The Morgan fingerprint density at radius 2 is 2.22 bits per heavy atom. The average molecular weight is 384 g/mol. The zero-order chi connectivity index (χ0) is 19.0. The Kier molecular flexibility index (Phi) is 4.85. The number of aryl methyl sites for hydroxylation is 1. The maximum absolute atomic E-state index is 14.3. The number of rotatable bonds is 4. The lowest BCUT2D eigenvalue weighted by atomic mass is 9.87. The molecule has 0 radical (unpaired) electrons. The molecule has 1 amide bonds. The van der Waals surface area contributed by atoms with Crippen molar-refractivity contribution in [1.82, 2.24) is 5.32 Å². The van der Waals surface area contributed by atoms with Crippen LogP contribution in [0.4, 0.5) is 10.1 Å². The number of nitrogens with two attached hydrogens (primary N) is 1. The minimum absolute atomic E-state index is 0.0627. The number of hydrogen-bond acceptors (Lipinski definition) is 4. The highest BCUT2D eigenvalue weighted by molar-refractivity contribution is 7.21. The molecule has 4 rings (SSSR count). The molecule has 1 heterocycles. The second-order valence-electron chi connectivity index (χ2n) is 6.83. The van der Waals surface area contributed by atoms with Gasteiger partial charge in [0.2, 0.25) is 0 Å². The molecule has 1 aliphatic carbocycles. The summed E-state index contributed by atoms with van der Waals surface area (Å²) >= 11 is 1.31. The number of nitrogens with one attached hydrogen (secondary N) is 1. The molecule has 1 aliphatic rings. The molecule has 0 bridgehead atoms. The van der Waals surface area contributed by atoms with Crippen LogP contribution < -0.4 is 11.1 Å². The number of carbonyl (C=O) groups is 1. The number of benzene rings is 2. The van der Waals surface area contributed by atoms with Gasteiger partial charge in [0, 0.05) is 28.4 Å². The summed E-state index contributed by atoms with van der Waals surface area (Å²) in [4.78, 5) is 13.6. The standard InChI is InChI=1S/C21H21FN2O2S/c1-26-11-15-19-16(22)5-3-7-18(19)27-20(15)21(25)24-17-6-2-4-12-10-13(23)8-9-14(12)17/h3,5,7-10,17H,2,4,6,11,23H2,1H3,(H,24,25). The number of hydrogen-bond donors (Lipinski definition) is 2. The van der Waals surface area contributed by atoms with E-state index in [1.807, 2.05) is 24.3 Å². The van der Waals surface area contributed by atoms with Gasteiger partial charge in [-0.1, -0.05) is 12.1 Å². The summed E-state index contributed by atoms with van der Waals surface area (Å²) in [7, 11) is 1.55. The van der Waals surface area contributed by atoms with E-state index in [2.05, 4.69) is 5.32 Å². The number of fused-ring (bicyclic) bond motifs is 2. The van der Waals surface area contributed by atoms with E-state index in [0.29, 0.717) is 15.8 Å². The van der Waals surface area contributed by atoms with Crippen LogP contribution in [-0.2, 0) is 17.8 Å². The first kappa shape index (κ1) is 17.9. The maximum atomic E-state index is 14.3. The Morgan fingerprint density at radius 1 is 1.37 bits per heavy atom. The monoisotopic (exact) mass is 384 g/mol. The molecule has 27 heavy (non-hydrogen) atoms. The smallest absolute Gasteiger partial charge is 0.262 e. The number of carbonyl (C=O) groups excluding carboxylic acids is 1. The van der Waals surface area contributed by atoms with Crippen molar-refractivity contribution < 1.29 is 13.9 Å². The fourth-order valence-electron chi connectivity index (χ4n) is 3.84. The van der Waals surface area contributed by atoms with Gasteiger partial charge in [-0.05, 0) is 54.7 Å². The van der Waals surface area contributed by atoms with Crippen LogP contribution in [0.5, 0.6) is 0 Å². The molecular formula is C21H21FN2O2S. The number of ether oxygens (including phenoxy) is 1. The van der Waals surface area contributed by atoms with E-state index in [4.69, 9.17) is 10.5 Å². The number of thiophene rings is 1. The fraction of sp³-hybridized carbons (Fsp3) is 0.286. The third-order valence-electron chi connectivity index (χ3n) is 5.04. The van der Waals surface area contributed by atoms with Crippen molar-refractivity contribution in [2.75, 3.05) is 12.8 Å². The van der Waals surface area contributed by atoms with Crippen molar-refractivity contribution in [2.45, 2.75) is 31.9 Å². The van der Waals surface area contributed by atoms with Crippen LogP contribution in [0.25, 0.3) is 10.1 Å². The third-order valence-corrected chi connectivity index (χ3v) is 6.24. The molecule has 140 valence electrons. The van der Waals surface area contributed by atoms with E-state index < -0.39 is 0 Å². The van der Waals surface area contributed by atoms with Gasteiger partial charge >= 0.3 is 0 Å². The number of amides is 1. The van der Waals surface area contributed by atoms with Gasteiger partial charge in [-0.25, -0.2) is 4.39 Å². The SMILES string of the molecule is COCc1c(C(=O)NC2CCCc3cc(N)ccc32)sc2cccc(F)c12. The van der Waals surface area contributed by atoms with Gasteiger partial charge in [-0.2, -0.15) is 0 Å². The summed E-state index contributed by atoms with van der Waals surface area (Å²) in [6, 6.07) is 10.7. The molecule has 0 fully saturated rings. The highest BCUT2D eigenvalue weighted by Gasteiger charge is 2.26. The first-order chi connectivity index (χ1) is 13.1. The fourth-order valence-corrected chi connectivity index (χ4v) is 4.97. The van der Waals surface area contributed by atoms with Gasteiger partial charge in [-0.15, -0.1) is 11.3 Å². The van der Waals surface area contributed by atoms with Gasteiger partial charge in [0.15, 0.2) is 0 Å². The van der Waals surface area contributed by atoms with Crippen molar-refractivity contribution >= 4 is 33.0 Å². The van der Waals surface area contributed by atoms with E-state index in [-0.39, 0.29) is 24.4 Å². The number of anilines is 1. The van der Waals surface area contributed by atoms with Gasteiger partial charge in [0.25, 0.3) is 5.91 Å². The molecule has 3 aromatic rings. The first-order valence-corrected chi connectivity index (χ1v) is 9.78. The summed E-state index contributed by atoms with van der Waals surface area (Å²) in [5.41, 5.74) is 9.55. The van der Waals surface area contributed by atoms with E-state index in [1.165, 1.54) is 23.0 Å². The Hall–Kier alpha value is -2.44. The number of halogens is 1. The Bertz CT molecular complexity index is 1010. The Labute approximate surface area is 161 Å². The summed E-state index contributed by atoms with van der Waals surface area (Å²) < 4.78 is 20.3. The van der Waals surface area contributed by atoms with Crippen LogP contribution >= 0.6 is 11.3 Å². The highest BCUT2D eigenvalue weighted by atomic mass is 32.1. The van der Waals surface area contributed by atoms with Crippen molar-refractivity contribution in [2.24, 2.45) is 0 Å². The van der Waals surface area contributed by atoms with Crippen LogP contribution in [0.2, 0.25) is 0 Å². The Morgan fingerprint density at radius 3 is 3.04 bits per heavy atom. The molecule has 0 saturated heterocycles. The zero-order valence-corrected chi connectivity index (χ0v) is 15.9. The molecule has 0 spiro atoms. The molecule has 0 aliphatic heterocycles. The molecular weight excluding hydrogens is 363 g/mol. The average Bonchev–Trinajstić information content (AvgIpc) is 3.02. The van der Waals surface area contributed by atoms with Gasteiger partial charge in [0.1, 0.15) is 5.82 Å². The highest BCUT2D eigenvalue weighted by Crippen LogP contribution is 2.35. The largest absolute Gasteiger partial charge is 0.399 e. The van der Waals surface area contributed by atoms with Crippen LogP contribution in [0.15, 0.2) is 36.4 Å². The molecule has 1 aromatic heterocycles. The quantitative estimate of drug-likeness (QED) is 0.647. The Balaban J connectivity index is 1.69. The predicted octanol–water partition coefficient (Wildman–Crippen LogP) is 4.58. The summed E-state index contributed by atoms with van der Waals surface area (Å²) in [6.07, 6.45) is 2.84. The summed E-state index contributed by atoms with van der Waals surface area (Å²) in [5, 5.41) is 3.62. The molecule has 4 nitrogen and oxygen atoms in total. The summed E-state index contributed by atoms with van der Waals surface area (Å²) in [5.74, 6) is -0.509. The second-order valence-corrected chi connectivity index (χ2v) is 7.88. The van der Waals surface area contributed by atoms with E-state index in [1.54, 1.807) is 13.2 Å². The van der Waals surface area contributed by atoms with Crippen molar-refractivity contribution in [3.8, 4) is 0 Å². The van der Waals surface area contributed by atoms with Crippen LogP contribution in [0.3, 0.4) is 0 Å². The molecule has 1 atom stereocenters. The van der Waals surface area contributed by atoms with Gasteiger partial charge in [0.05, 0.1) is 17.5 Å².